The van der Waals surface area contributed by atoms with E-state index in [-0.39, 0.29) is 17.3 Å². The van der Waals surface area contributed by atoms with Crippen molar-refractivity contribution in [2.24, 2.45) is 0 Å². The van der Waals surface area contributed by atoms with E-state index in [0.29, 0.717) is 0 Å². The first-order valence-electron chi connectivity index (χ1n) is 11.9. The number of rotatable bonds is 6. The third-order valence-corrected chi connectivity index (χ3v) is 6.80. The van der Waals surface area contributed by atoms with E-state index in [1.807, 2.05) is 88.4 Å². The molecule has 9 nitrogen and oxygen atoms in total. The Labute approximate surface area is 215 Å². The van der Waals surface area contributed by atoms with Gasteiger partial charge in [-0.3, -0.25) is 14.4 Å². The molecule has 0 fully saturated rings. The lowest BCUT2D eigenvalue weighted by atomic mass is 10.00. The zero-order chi connectivity index (χ0) is 28.1. The van der Waals surface area contributed by atoms with Crippen LogP contribution in [0.3, 0.4) is 0 Å². The lowest BCUT2D eigenvalue weighted by Crippen LogP contribution is -2.34. The smallest absolute Gasteiger partial charge is 0.155 e. The summed E-state index contributed by atoms with van der Waals surface area (Å²) in [6.45, 7) is 21.9. The molecular formula is C27H42N6O3. The van der Waals surface area contributed by atoms with Crippen LogP contribution in [0.25, 0.3) is 0 Å². The standard InChI is InChI=1S/3C9H14N2O/c1-7-5-11(6-10-7)9(3,4)8(2)12;1-7-5-10-6-11(7)9(3,4)8(2)12;1-7(12)9(3,4)11-6-5-10-8(11)2/h3*5-6H,1-4H3. The van der Waals surface area contributed by atoms with Crippen LogP contribution in [0.5, 0.6) is 0 Å². The molecule has 0 N–H and O–H groups in total. The van der Waals surface area contributed by atoms with E-state index in [1.165, 1.54) is 0 Å². The number of aryl methyl sites for hydroxylation is 3. The van der Waals surface area contributed by atoms with Gasteiger partial charge in [-0.05, 0) is 83.1 Å². The van der Waals surface area contributed by atoms with E-state index >= 15 is 0 Å². The molecule has 0 aliphatic rings. The second kappa shape index (κ2) is 11.6. The molecule has 36 heavy (non-hydrogen) atoms. The van der Waals surface area contributed by atoms with Crippen LogP contribution < -0.4 is 0 Å². The van der Waals surface area contributed by atoms with Crippen LogP contribution in [-0.4, -0.2) is 46.0 Å². The summed E-state index contributed by atoms with van der Waals surface area (Å²) in [5, 5.41) is 0. The number of aromatic nitrogens is 6. The van der Waals surface area contributed by atoms with Gasteiger partial charge in [0.1, 0.15) is 5.82 Å². The lowest BCUT2D eigenvalue weighted by molar-refractivity contribution is -0.124. The highest BCUT2D eigenvalue weighted by Crippen LogP contribution is 2.19. The molecule has 0 bridgehead atoms. The van der Waals surface area contributed by atoms with Crippen molar-refractivity contribution in [2.45, 2.75) is 99.7 Å². The zero-order valence-electron chi connectivity index (χ0n) is 23.9. The van der Waals surface area contributed by atoms with Gasteiger partial charge in [0.2, 0.25) is 0 Å². The largest absolute Gasteiger partial charge is 0.325 e. The Kier molecular flexibility index (Phi) is 9.87. The van der Waals surface area contributed by atoms with Crippen molar-refractivity contribution in [3.05, 3.63) is 54.7 Å². The van der Waals surface area contributed by atoms with Gasteiger partial charge in [-0.2, -0.15) is 0 Å². The summed E-state index contributed by atoms with van der Waals surface area (Å²) in [5.74, 6) is 1.29. The maximum absolute atomic E-state index is 11.3. The van der Waals surface area contributed by atoms with E-state index in [9.17, 15) is 14.4 Å². The van der Waals surface area contributed by atoms with Crippen molar-refractivity contribution in [3.8, 4) is 0 Å². The molecule has 0 atom stereocenters. The number of imidazole rings is 3. The van der Waals surface area contributed by atoms with Gasteiger partial charge in [-0.15, -0.1) is 0 Å². The molecule has 0 spiro atoms. The number of Topliss-reactive ketones (excluding diaryl/α,β-unsaturated/α-hetero) is 3. The van der Waals surface area contributed by atoms with E-state index in [0.717, 1.165) is 17.2 Å². The van der Waals surface area contributed by atoms with Crippen LogP contribution in [0, 0.1) is 20.8 Å². The summed E-state index contributed by atoms with van der Waals surface area (Å²) in [7, 11) is 0. The van der Waals surface area contributed by atoms with Crippen molar-refractivity contribution >= 4 is 17.3 Å². The molecule has 3 aromatic heterocycles. The van der Waals surface area contributed by atoms with Gasteiger partial charge in [0.05, 0.1) is 35.0 Å². The average Bonchev–Trinajstić information content (AvgIpc) is 3.50. The van der Waals surface area contributed by atoms with Gasteiger partial charge in [-0.25, -0.2) is 15.0 Å². The van der Waals surface area contributed by atoms with Crippen molar-refractivity contribution in [1.29, 1.82) is 0 Å². The minimum Gasteiger partial charge on any atom is -0.325 e. The molecule has 9 heteroatoms. The molecule has 0 amide bonds. The molecule has 198 valence electrons. The quantitative estimate of drug-likeness (QED) is 0.494. The fourth-order valence-electron chi connectivity index (χ4n) is 3.16. The van der Waals surface area contributed by atoms with Gasteiger partial charge < -0.3 is 13.7 Å². The topological polar surface area (TPSA) is 105 Å². The Morgan fingerprint density at radius 2 is 1.22 bits per heavy atom. The molecule has 0 aliphatic carbocycles. The third-order valence-electron chi connectivity index (χ3n) is 6.80. The first-order valence-corrected chi connectivity index (χ1v) is 11.9. The van der Waals surface area contributed by atoms with Gasteiger partial charge in [-0.1, -0.05) is 0 Å². The first-order chi connectivity index (χ1) is 16.4. The average molecular weight is 499 g/mol. The molecule has 0 unspecified atom stereocenters. The monoisotopic (exact) mass is 498 g/mol. The van der Waals surface area contributed by atoms with Crippen LogP contribution in [0.15, 0.2) is 37.4 Å². The predicted octanol–water partition coefficient (Wildman–Crippen LogP) is 4.55. The Balaban J connectivity index is 0.000000270. The summed E-state index contributed by atoms with van der Waals surface area (Å²) in [5.41, 5.74) is 0.530. The van der Waals surface area contributed by atoms with E-state index in [2.05, 4.69) is 15.0 Å². The van der Waals surface area contributed by atoms with Crippen molar-refractivity contribution < 1.29 is 14.4 Å². The Bertz CT molecular complexity index is 1130. The van der Waals surface area contributed by atoms with Gasteiger partial charge in [0.25, 0.3) is 0 Å². The fraction of sp³-hybridized carbons (Fsp3) is 0.556. The Morgan fingerprint density at radius 1 is 0.722 bits per heavy atom. The minimum atomic E-state index is -0.472. The molecule has 0 aliphatic heterocycles. The highest BCUT2D eigenvalue weighted by molar-refractivity contribution is 5.84. The number of ketones is 3. The summed E-state index contributed by atoms with van der Waals surface area (Å²) < 4.78 is 5.61. The third kappa shape index (κ3) is 7.08. The zero-order valence-corrected chi connectivity index (χ0v) is 23.9. The number of hydrogen-bond donors (Lipinski definition) is 0. The summed E-state index contributed by atoms with van der Waals surface area (Å²) in [4.78, 5) is 45.9. The van der Waals surface area contributed by atoms with Crippen LogP contribution >= 0.6 is 0 Å². The highest BCUT2D eigenvalue weighted by Gasteiger charge is 2.27. The van der Waals surface area contributed by atoms with Gasteiger partial charge in [0, 0.05) is 30.5 Å². The normalized spacial score (nSPS) is 11.7. The highest BCUT2D eigenvalue weighted by atomic mass is 16.1. The lowest BCUT2D eigenvalue weighted by Gasteiger charge is -2.24. The summed E-state index contributed by atoms with van der Waals surface area (Å²) in [6.07, 6.45) is 10.6. The number of carbonyl (C=O) groups excluding carboxylic acids is 3. The van der Waals surface area contributed by atoms with Crippen molar-refractivity contribution in [2.75, 3.05) is 0 Å². The molecule has 0 saturated heterocycles. The number of carbonyl (C=O) groups is 3. The van der Waals surface area contributed by atoms with Gasteiger partial charge in [0.15, 0.2) is 17.3 Å². The second-order valence-corrected chi connectivity index (χ2v) is 10.5. The number of hydrogen-bond acceptors (Lipinski definition) is 6. The van der Waals surface area contributed by atoms with Crippen molar-refractivity contribution in [1.82, 2.24) is 28.7 Å². The molecule has 3 rings (SSSR count). The molecular weight excluding hydrogens is 456 g/mol. The molecule has 0 radical (unpaired) electrons. The van der Waals surface area contributed by atoms with Gasteiger partial charge >= 0.3 is 0 Å². The van der Waals surface area contributed by atoms with E-state index < -0.39 is 16.6 Å². The fourth-order valence-corrected chi connectivity index (χ4v) is 3.16. The Morgan fingerprint density at radius 3 is 1.56 bits per heavy atom. The maximum atomic E-state index is 11.3. The van der Waals surface area contributed by atoms with Crippen LogP contribution in [0.2, 0.25) is 0 Å². The number of nitrogens with zero attached hydrogens (tertiary/aromatic N) is 6. The van der Waals surface area contributed by atoms with Crippen LogP contribution in [0.4, 0.5) is 0 Å². The molecule has 3 heterocycles. The Hall–Kier alpha value is -3.36. The SMILES string of the molecule is CC(=O)C(C)(C)n1ccnc1C.CC(=O)C(C)(C)n1cnc(C)c1.CC(=O)C(C)(C)n1cncc1C. The predicted molar refractivity (Wildman–Crippen MR) is 141 cm³/mol. The molecule has 0 saturated carbocycles. The summed E-state index contributed by atoms with van der Waals surface area (Å²) >= 11 is 0. The van der Waals surface area contributed by atoms with E-state index in [1.54, 1.807) is 45.8 Å². The maximum Gasteiger partial charge on any atom is 0.155 e. The van der Waals surface area contributed by atoms with Crippen LogP contribution in [0.1, 0.15) is 79.5 Å². The van der Waals surface area contributed by atoms with Crippen molar-refractivity contribution in [3.63, 3.8) is 0 Å². The minimum absolute atomic E-state index is 0.139. The molecule has 3 aromatic rings. The molecule has 0 aromatic carbocycles. The second-order valence-electron chi connectivity index (χ2n) is 10.5. The van der Waals surface area contributed by atoms with Crippen LogP contribution in [-0.2, 0) is 31.0 Å². The van der Waals surface area contributed by atoms with E-state index in [4.69, 9.17) is 0 Å². The first kappa shape index (κ1) is 30.7. The summed E-state index contributed by atoms with van der Waals surface area (Å²) in [6, 6.07) is 0.